The molecule has 0 aliphatic rings. The van der Waals surface area contributed by atoms with Crippen molar-refractivity contribution >= 4 is 22.6 Å². The Morgan fingerprint density at radius 3 is 2.87 bits per heavy atom. The van der Waals surface area contributed by atoms with Crippen LogP contribution in [-0.4, -0.2) is 13.0 Å². The van der Waals surface area contributed by atoms with E-state index in [0.717, 1.165) is 0 Å². The highest BCUT2D eigenvalue weighted by molar-refractivity contribution is 6.05. The fourth-order valence-electron chi connectivity index (χ4n) is 1.49. The standard InChI is InChI=1S/C10H9FN2O2/c1-13-8-6-4-5(11)2-3-7(6)15-9(8)10(12)14/h2-4,13H,1H3,(H2,12,14). The van der Waals surface area contributed by atoms with Gasteiger partial charge in [-0.15, -0.1) is 0 Å². The van der Waals surface area contributed by atoms with Gasteiger partial charge in [-0.2, -0.15) is 0 Å². The second kappa shape index (κ2) is 3.27. The zero-order chi connectivity index (χ0) is 11.0. The lowest BCUT2D eigenvalue weighted by Crippen LogP contribution is -2.11. The van der Waals surface area contributed by atoms with Crippen LogP contribution in [0.2, 0.25) is 0 Å². The molecule has 1 heterocycles. The molecule has 4 nitrogen and oxygen atoms in total. The smallest absolute Gasteiger partial charge is 0.286 e. The number of carbonyl (C=O) groups excluding carboxylic acids is 1. The molecule has 0 saturated heterocycles. The quantitative estimate of drug-likeness (QED) is 0.789. The molecule has 0 fully saturated rings. The lowest BCUT2D eigenvalue weighted by molar-refractivity contribution is 0.0977. The van der Waals surface area contributed by atoms with E-state index in [1.54, 1.807) is 7.05 Å². The van der Waals surface area contributed by atoms with Gasteiger partial charge in [0.25, 0.3) is 5.91 Å². The van der Waals surface area contributed by atoms with Gasteiger partial charge in [0.2, 0.25) is 5.76 Å². The largest absolute Gasteiger partial charge is 0.449 e. The van der Waals surface area contributed by atoms with E-state index in [1.165, 1.54) is 18.2 Å². The molecule has 78 valence electrons. The van der Waals surface area contributed by atoms with Crippen molar-refractivity contribution in [3.05, 3.63) is 29.8 Å². The van der Waals surface area contributed by atoms with Gasteiger partial charge in [0.1, 0.15) is 11.4 Å². The van der Waals surface area contributed by atoms with Crippen LogP contribution in [-0.2, 0) is 0 Å². The lowest BCUT2D eigenvalue weighted by atomic mass is 10.2. The highest BCUT2D eigenvalue weighted by Crippen LogP contribution is 2.30. The molecule has 2 aromatic rings. The first-order valence-electron chi connectivity index (χ1n) is 4.33. The van der Waals surface area contributed by atoms with Crippen molar-refractivity contribution in [2.45, 2.75) is 0 Å². The summed E-state index contributed by atoms with van der Waals surface area (Å²) in [6.45, 7) is 0. The normalized spacial score (nSPS) is 10.5. The number of anilines is 1. The van der Waals surface area contributed by atoms with Gasteiger partial charge in [0.15, 0.2) is 0 Å². The van der Waals surface area contributed by atoms with E-state index in [9.17, 15) is 9.18 Å². The maximum Gasteiger partial charge on any atom is 0.286 e. The summed E-state index contributed by atoms with van der Waals surface area (Å²) in [4.78, 5) is 11.0. The summed E-state index contributed by atoms with van der Waals surface area (Å²) in [5, 5.41) is 3.27. The van der Waals surface area contributed by atoms with Crippen LogP contribution in [0.25, 0.3) is 11.0 Å². The van der Waals surface area contributed by atoms with Gasteiger partial charge in [-0.3, -0.25) is 4.79 Å². The second-order valence-electron chi connectivity index (χ2n) is 3.06. The molecule has 3 N–H and O–H groups in total. The van der Waals surface area contributed by atoms with Gasteiger partial charge in [-0.25, -0.2) is 4.39 Å². The molecule has 0 radical (unpaired) electrons. The number of halogens is 1. The first-order chi connectivity index (χ1) is 7.13. The van der Waals surface area contributed by atoms with E-state index < -0.39 is 11.7 Å². The molecule has 1 aromatic heterocycles. The molecule has 1 aromatic carbocycles. The van der Waals surface area contributed by atoms with Gasteiger partial charge in [0, 0.05) is 12.4 Å². The van der Waals surface area contributed by atoms with Crippen LogP contribution in [0.5, 0.6) is 0 Å². The topological polar surface area (TPSA) is 68.3 Å². The number of primary amides is 1. The average molecular weight is 208 g/mol. The van der Waals surface area contributed by atoms with E-state index in [-0.39, 0.29) is 5.76 Å². The third-order valence-electron chi connectivity index (χ3n) is 2.12. The van der Waals surface area contributed by atoms with Crippen LogP contribution in [0.1, 0.15) is 10.6 Å². The highest BCUT2D eigenvalue weighted by atomic mass is 19.1. The molecule has 0 saturated carbocycles. The predicted octanol–water partition coefficient (Wildman–Crippen LogP) is 1.71. The number of furan rings is 1. The number of fused-ring (bicyclic) bond motifs is 1. The number of rotatable bonds is 2. The summed E-state index contributed by atoms with van der Waals surface area (Å²) >= 11 is 0. The third kappa shape index (κ3) is 1.41. The minimum absolute atomic E-state index is 0.0121. The number of hydrogen-bond donors (Lipinski definition) is 2. The van der Waals surface area contributed by atoms with Gasteiger partial charge in [0.05, 0.1) is 5.69 Å². The maximum atomic E-state index is 13.0. The number of hydrogen-bond acceptors (Lipinski definition) is 3. The van der Waals surface area contributed by atoms with Crippen molar-refractivity contribution < 1.29 is 13.6 Å². The van der Waals surface area contributed by atoms with Crippen molar-refractivity contribution in [3.8, 4) is 0 Å². The summed E-state index contributed by atoms with van der Waals surface area (Å²) in [6.07, 6.45) is 0. The molecular weight excluding hydrogens is 199 g/mol. The molecular formula is C10H9FN2O2. The number of carbonyl (C=O) groups is 1. The van der Waals surface area contributed by atoms with Crippen molar-refractivity contribution in [2.24, 2.45) is 5.73 Å². The Morgan fingerprint density at radius 1 is 1.53 bits per heavy atom. The Hall–Kier alpha value is -2.04. The number of benzene rings is 1. The molecule has 2 rings (SSSR count). The molecule has 0 atom stereocenters. The summed E-state index contributed by atoms with van der Waals surface area (Å²) in [5.41, 5.74) is 5.97. The zero-order valence-electron chi connectivity index (χ0n) is 8.00. The minimum atomic E-state index is -0.684. The number of amides is 1. The minimum Gasteiger partial charge on any atom is -0.449 e. The number of nitrogens with one attached hydrogen (secondary N) is 1. The molecule has 0 spiro atoms. The van der Waals surface area contributed by atoms with E-state index in [0.29, 0.717) is 16.7 Å². The van der Waals surface area contributed by atoms with Crippen LogP contribution in [0.15, 0.2) is 22.6 Å². The first kappa shape index (κ1) is 9.51. The monoisotopic (exact) mass is 208 g/mol. The van der Waals surface area contributed by atoms with E-state index in [2.05, 4.69) is 5.32 Å². The van der Waals surface area contributed by atoms with E-state index >= 15 is 0 Å². The fourth-order valence-corrected chi connectivity index (χ4v) is 1.49. The van der Waals surface area contributed by atoms with E-state index in [4.69, 9.17) is 10.2 Å². The Labute approximate surface area is 84.9 Å². The van der Waals surface area contributed by atoms with Crippen molar-refractivity contribution in [1.29, 1.82) is 0 Å². The summed E-state index contributed by atoms with van der Waals surface area (Å²) in [7, 11) is 1.61. The van der Waals surface area contributed by atoms with Crippen molar-refractivity contribution in [2.75, 3.05) is 12.4 Å². The van der Waals surface area contributed by atoms with Crippen LogP contribution in [0.3, 0.4) is 0 Å². The average Bonchev–Trinajstić information content (AvgIpc) is 2.55. The van der Waals surface area contributed by atoms with Crippen LogP contribution in [0, 0.1) is 5.82 Å². The molecule has 15 heavy (non-hydrogen) atoms. The van der Waals surface area contributed by atoms with Crippen molar-refractivity contribution in [3.63, 3.8) is 0 Å². The highest BCUT2D eigenvalue weighted by Gasteiger charge is 2.17. The lowest BCUT2D eigenvalue weighted by Gasteiger charge is -1.97. The predicted molar refractivity (Wildman–Crippen MR) is 54.2 cm³/mol. The summed E-state index contributed by atoms with van der Waals surface area (Å²) < 4.78 is 18.2. The third-order valence-corrected chi connectivity index (χ3v) is 2.12. The molecule has 0 bridgehead atoms. The Balaban J connectivity index is 2.79. The van der Waals surface area contributed by atoms with E-state index in [1.807, 2.05) is 0 Å². The van der Waals surface area contributed by atoms with Crippen LogP contribution in [0.4, 0.5) is 10.1 Å². The van der Waals surface area contributed by atoms with Gasteiger partial charge >= 0.3 is 0 Å². The molecule has 0 aliphatic carbocycles. The fraction of sp³-hybridized carbons (Fsp3) is 0.100. The van der Waals surface area contributed by atoms with Gasteiger partial charge in [-0.05, 0) is 18.2 Å². The number of nitrogens with two attached hydrogens (primary N) is 1. The molecule has 1 amide bonds. The maximum absolute atomic E-state index is 13.0. The Morgan fingerprint density at radius 2 is 2.27 bits per heavy atom. The SMILES string of the molecule is CNc1c(C(N)=O)oc2ccc(F)cc12. The summed E-state index contributed by atoms with van der Waals surface area (Å²) in [6, 6.07) is 4.01. The van der Waals surface area contributed by atoms with Gasteiger partial charge in [-0.1, -0.05) is 0 Å². The summed E-state index contributed by atoms with van der Waals surface area (Å²) in [5.74, 6) is -1.06. The molecule has 5 heteroatoms. The van der Waals surface area contributed by atoms with Crippen molar-refractivity contribution in [1.82, 2.24) is 0 Å². The van der Waals surface area contributed by atoms with Crippen LogP contribution >= 0.6 is 0 Å². The first-order valence-corrected chi connectivity index (χ1v) is 4.33. The Bertz CT molecular complexity index is 533. The second-order valence-corrected chi connectivity index (χ2v) is 3.06. The molecule has 0 aliphatic heterocycles. The van der Waals surface area contributed by atoms with Gasteiger partial charge < -0.3 is 15.5 Å². The van der Waals surface area contributed by atoms with Crippen LogP contribution < -0.4 is 11.1 Å². The molecule has 0 unspecified atom stereocenters. The zero-order valence-corrected chi connectivity index (χ0v) is 8.00. The Kier molecular flexibility index (Phi) is 2.07.